The van der Waals surface area contributed by atoms with E-state index < -0.39 is 134 Å². The van der Waals surface area contributed by atoms with Crippen LogP contribution in [0.15, 0.2) is 110 Å². The van der Waals surface area contributed by atoms with E-state index in [4.69, 9.17) is 34.2 Å². The van der Waals surface area contributed by atoms with Crippen LogP contribution in [0.4, 0.5) is 0 Å². The number of aliphatic hydroxyl groups is 6. The molecular formula is C58H75N5O20S. The molecule has 12 atom stereocenters. The fraction of sp³-hybridized carbons (Fsp3) is 0.448. The second-order valence-corrected chi connectivity index (χ2v) is 20.9. The Morgan fingerprint density at radius 1 is 0.631 bits per heavy atom. The normalized spacial score (nSPS) is 23.4. The van der Waals surface area contributed by atoms with Gasteiger partial charge in [-0.1, -0.05) is 54.6 Å². The number of benzene rings is 4. The summed E-state index contributed by atoms with van der Waals surface area (Å²) >= 11 is 1.60. The van der Waals surface area contributed by atoms with E-state index in [0.29, 0.717) is 18.7 Å². The quantitative estimate of drug-likeness (QED) is 0.0229. The van der Waals surface area contributed by atoms with Crippen molar-refractivity contribution in [3.8, 4) is 33.8 Å². The molecule has 0 aliphatic carbocycles. The van der Waals surface area contributed by atoms with Crippen molar-refractivity contribution in [2.24, 2.45) is 5.73 Å². The van der Waals surface area contributed by atoms with Crippen LogP contribution in [0.3, 0.4) is 0 Å². The van der Waals surface area contributed by atoms with E-state index in [1.165, 1.54) is 19.9 Å². The summed E-state index contributed by atoms with van der Waals surface area (Å²) in [6.07, 6.45) is -11.7. The lowest BCUT2D eigenvalue weighted by Crippen LogP contribution is -2.68. The number of aromatic hydroxyl groups is 2. The highest BCUT2D eigenvalue weighted by atomic mass is 32.2. The largest absolute Gasteiger partial charge is 0.508 e. The van der Waals surface area contributed by atoms with Gasteiger partial charge in [-0.15, -0.1) is 6.58 Å². The molecule has 2 saturated heterocycles. The zero-order valence-electron chi connectivity index (χ0n) is 46.8. The number of phenolic OH excluding ortho intramolecular Hbond substituents is 2. The lowest BCUT2D eigenvalue weighted by Gasteiger charge is -2.47. The summed E-state index contributed by atoms with van der Waals surface area (Å²) in [5.41, 5.74) is 9.39. The van der Waals surface area contributed by atoms with Crippen LogP contribution in [0.2, 0.25) is 0 Å². The maximum Gasteiger partial charge on any atom is 0.366 e. The summed E-state index contributed by atoms with van der Waals surface area (Å²) in [7, 11) is 2.21. The topological polar surface area (TPSA) is 394 Å². The molecule has 0 aromatic heterocycles. The number of ether oxygens (including phenoxy) is 6. The molecule has 4 aromatic carbocycles. The second kappa shape index (κ2) is 32.3. The van der Waals surface area contributed by atoms with Gasteiger partial charge in [0.25, 0.3) is 23.4 Å². The van der Waals surface area contributed by atoms with Crippen molar-refractivity contribution < 1.29 is 98.0 Å². The standard InChI is InChI=1S/C30H41N3O10S.C28H34N2O10/c1-18(34)33-25-23(36)16-30(29(40)41-2,42-13-3-14-44-15-12-31)43-27(25)26(38)24(37)17-32-28(39)21-6-4-19(5-7-21)20-8-10-22(35)11-9-20;1-4-13-39-28(27(37)38-3)14-21(33)23(30-16(2)31)25(40-28)24(35)22(34)15-29-26(36)19-7-5-17(6-8-19)18-9-11-20(32)12-10-18/h4-11,23-27,35-38H,3,12-17,31H2,1-2H3,(H,32,39)(H,33,34);4-12,21-25,32-35H,1,13-15H2,2-3H3,(H,29,36)(H,30,31)/t23?,24?,25?,26-,27?,30?;21?,22?,23?,24-,25?,28?/m11/s1. The molecule has 14 N–H and O–H groups in total. The first kappa shape index (κ1) is 67.7. The summed E-state index contributed by atoms with van der Waals surface area (Å²) in [6, 6.07) is 23.9. The van der Waals surface area contributed by atoms with E-state index in [1.807, 2.05) is 0 Å². The molecule has 0 spiro atoms. The van der Waals surface area contributed by atoms with Gasteiger partial charge in [-0.2, -0.15) is 11.8 Å². The molecule has 4 aromatic rings. The molecular weight excluding hydrogens is 1120 g/mol. The van der Waals surface area contributed by atoms with Crippen molar-refractivity contribution in [1.29, 1.82) is 0 Å². The Balaban J connectivity index is 0.000000309. The monoisotopic (exact) mass is 1190 g/mol. The van der Waals surface area contributed by atoms with E-state index in [0.717, 1.165) is 42.2 Å². The van der Waals surface area contributed by atoms with E-state index in [2.05, 4.69) is 27.8 Å². The van der Waals surface area contributed by atoms with Gasteiger partial charge < -0.3 is 96.3 Å². The Kier molecular flexibility index (Phi) is 26.0. The third kappa shape index (κ3) is 18.5. The van der Waals surface area contributed by atoms with Gasteiger partial charge in [0.2, 0.25) is 11.8 Å². The van der Waals surface area contributed by atoms with Crippen molar-refractivity contribution in [1.82, 2.24) is 21.3 Å². The minimum atomic E-state index is -2.15. The Morgan fingerprint density at radius 2 is 1.00 bits per heavy atom. The first-order valence-electron chi connectivity index (χ1n) is 26.7. The molecule has 2 aliphatic heterocycles. The first-order valence-corrected chi connectivity index (χ1v) is 27.8. The van der Waals surface area contributed by atoms with Crippen LogP contribution >= 0.6 is 11.8 Å². The fourth-order valence-electron chi connectivity index (χ4n) is 9.18. The van der Waals surface area contributed by atoms with Crippen molar-refractivity contribution in [3.63, 3.8) is 0 Å². The van der Waals surface area contributed by atoms with Gasteiger partial charge in [0, 0.05) is 63.2 Å². The number of carbonyl (C=O) groups is 6. The van der Waals surface area contributed by atoms with E-state index in [1.54, 1.807) is 109 Å². The number of nitrogens with one attached hydrogen (secondary N) is 4. The highest BCUT2D eigenvalue weighted by Gasteiger charge is 2.57. The molecule has 0 saturated carbocycles. The molecule has 0 radical (unpaired) electrons. The molecule has 6 rings (SSSR count). The number of thioether (sulfide) groups is 1. The predicted molar refractivity (Wildman–Crippen MR) is 305 cm³/mol. The Labute approximate surface area is 489 Å². The number of esters is 2. The minimum absolute atomic E-state index is 0.0527. The summed E-state index contributed by atoms with van der Waals surface area (Å²) in [6.45, 7) is 5.47. The van der Waals surface area contributed by atoms with Gasteiger partial charge >= 0.3 is 11.9 Å². The summed E-state index contributed by atoms with van der Waals surface area (Å²) in [5, 5.41) is 94.4. The van der Waals surface area contributed by atoms with Crippen molar-refractivity contribution in [2.45, 2.75) is 106 Å². The number of nitrogens with two attached hydrogens (primary N) is 1. The highest BCUT2D eigenvalue weighted by molar-refractivity contribution is 7.99. The third-order valence-corrected chi connectivity index (χ3v) is 14.5. The number of methoxy groups -OCH3 is 2. The second-order valence-electron chi connectivity index (χ2n) is 19.6. The number of hydrogen-bond acceptors (Lipinski definition) is 22. The van der Waals surface area contributed by atoms with Crippen LogP contribution in [0.1, 0.15) is 53.8 Å². The predicted octanol–water partition coefficient (Wildman–Crippen LogP) is 0.370. The van der Waals surface area contributed by atoms with Gasteiger partial charge in [0.1, 0.15) is 35.9 Å². The van der Waals surface area contributed by atoms with E-state index >= 15 is 0 Å². The molecule has 26 heteroatoms. The minimum Gasteiger partial charge on any atom is -0.508 e. The third-order valence-electron chi connectivity index (χ3n) is 13.4. The van der Waals surface area contributed by atoms with Gasteiger partial charge in [0.05, 0.1) is 63.9 Å². The Morgan fingerprint density at radius 3 is 1.35 bits per heavy atom. The number of rotatable bonds is 26. The zero-order valence-corrected chi connectivity index (χ0v) is 47.6. The summed E-state index contributed by atoms with van der Waals surface area (Å²) < 4.78 is 32.7. The lowest BCUT2D eigenvalue weighted by molar-refractivity contribution is -0.311. The number of hydrogen-bond donors (Lipinski definition) is 13. The molecule has 10 unspecified atom stereocenters. The van der Waals surface area contributed by atoms with Crippen LogP contribution in [-0.4, -0.2) is 207 Å². The van der Waals surface area contributed by atoms with Crippen molar-refractivity contribution in [3.05, 3.63) is 121 Å². The maximum absolute atomic E-state index is 12.9. The van der Waals surface area contributed by atoms with Crippen LogP contribution < -0.4 is 27.0 Å². The molecule has 2 aliphatic rings. The lowest BCUT2D eigenvalue weighted by atomic mass is 9.88. The van der Waals surface area contributed by atoms with Gasteiger partial charge in [0.15, 0.2) is 0 Å². The fourth-order valence-corrected chi connectivity index (χ4v) is 9.88. The average Bonchev–Trinajstić information content (AvgIpc) is 1.31. The smallest absolute Gasteiger partial charge is 0.366 e. The van der Waals surface area contributed by atoms with E-state index in [9.17, 15) is 69.6 Å². The van der Waals surface area contributed by atoms with Crippen molar-refractivity contribution in [2.75, 3.05) is 58.6 Å². The van der Waals surface area contributed by atoms with Crippen molar-refractivity contribution >= 4 is 47.3 Å². The van der Waals surface area contributed by atoms with E-state index in [-0.39, 0.29) is 35.8 Å². The van der Waals surface area contributed by atoms with Gasteiger partial charge in [-0.3, -0.25) is 19.2 Å². The maximum atomic E-state index is 12.9. The highest BCUT2D eigenvalue weighted by Crippen LogP contribution is 2.36. The van der Waals surface area contributed by atoms with Crippen LogP contribution in [-0.2, 0) is 47.6 Å². The Bertz CT molecular complexity index is 2800. The molecule has 4 amide bonds. The zero-order chi connectivity index (χ0) is 61.7. The van der Waals surface area contributed by atoms with Crippen LogP contribution in [0.5, 0.6) is 11.5 Å². The molecule has 2 fully saturated rings. The number of phenols is 2. The Hall–Kier alpha value is -7.05. The number of amides is 4. The summed E-state index contributed by atoms with van der Waals surface area (Å²) in [5.74, 6) is -6.66. The first-order chi connectivity index (χ1) is 40.0. The molecule has 458 valence electrons. The molecule has 84 heavy (non-hydrogen) atoms. The number of aliphatic hydroxyl groups excluding tert-OH is 6. The number of carbonyl (C=O) groups excluding carboxylic acids is 6. The van der Waals surface area contributed by atoms with Crippen LogP contribution in [0.25, 0.3) is 22.3 Å². The van der Waals surface area contributed by atoms with Crippen LogP contribution in [0, 0.1) is 0 Å². The summed E-state index contributed by atoms with van der Waals surface area (Å²) in [4.78, 5) is 74.7. The SMILES string of the molecule is C=CCOC1(C(=O)OC)CC(O)C(NC(C)=O)C([C@H](O)C(O)CNC(=O)c2ccc(-c3ccc(O)cc3)cc2)O1.COC(=O)C1(OCCCSCCN)CC(O)C(NC(C)=O)C([C@H](O)C(O)CNC(=O)c2ccc(-c3ccc(O)cc3)cc2)O1. The molecule has 0 bridgehead atoms. The average molecular weight is 1190 g/mol. The van der Waals surface area contributed by atoms with Gasteiger partial charge in [-0.25, -0.2) is 9.59 Å². The molecule has 2 heterocycles. The van der Waals surface area contributed by atoms with Gasteiger partial charge in [-0.05, 0) is 83.0 Å². The molecule has 25 nitrogen and oxygen atoms in total.